The predicted octanol–water partition coefficient (Wildman–Crippen LogP) is 3.57. The number of rotatable bonds is 7. The first-order valence-corrected chi connectivity index (χ1v) is 9.35. The van der Waals surface area contributed by atoms with Gasteiger partial charge in [0.25, 0.3) is 0 Å². The molecule has 5 nitrogen and oxygen atoms in total. The molecule has 0 aliphatic rings. The number of nitrogens with zero attached hydrogens (tertiary/aromatic N) is 2. The molecule has 0 saturated heterocycles. The molecule has 1 aromatic heterocycles. The quantitative estimate of drug-likeness (QED) is 0.632. The Balaban J connectivity index is 1.78. The van der Waals surface area contributed by atoms with E-state index in [4.69, 9.17) is 4.74 Å². The van der Waals surface area contributed by atoms with E-state index in [-0.39, 0.29) is 17.5 Å². The molecular weight excluding hydrogens is 365 g/mol. The second-order valence-corrected chi connectivity index (χ2v) is 6.93. The third-order valence-corrected chi connectivity index (χ3v) is 5.07. The molecule has 0 bridgehead atoms. The Morgan fingerprint density at radius 2 is 2.00 bits per heavy atom. The van der Waals surface area contributed by atoms with Gasteiger partial charge in [-0.15, -0.1) is 11.8 Å². The van der Waals surface area contributed by atoms with Gasteiger partial charge in [0.05, 0.1) is 12.9 Å². The summed E-state index contributed by atoms with van der Waals surface area (Å²) >= 11 is 1.35. The number of aromatic nitrogens is 2. The van der Waals surface area contributed by atoms with Gasteiger partial charge < -0.3 is 14.6 Å². The van der Waals surface area contributed by atoms with Gasteiger partial charge >= 0.3 is 0 Å². The summed E-state index contributed by atoms with van der Waals surface area (Å²) in [5.41, 5.74) is 0.828. The van der Waals surface area contributed by atoms with Crippen molar-refractivity contribution >= 4 is 17.7 Å². The number of hydrogen-bond donors (Lipinski definition) is 1. The first-order valence-electron chi connectivity index (χ1n) is 8.36. The number of hydrogen-bond acceptors (Lipinski definition) is 4. The van der Waals surface area contributed by atoms with Crippen LogP contribution in [0.5, 0.6) is 5.75 Å². The van der Waals surface area contributed by atoms with Crippen LogP contribution in [-0.4, -0.2) is 28.3 Å². The van der Waals surface area contributed by atoms with Crippen molar-refractivity contribution in [3.05, 3.63) is 78.1 Å². The number of aryl methyl sites for hydroxylation is 1. The van der Waals surface area contributed by atoms with Gasteiger partial charge in [-0.3, -0.25) is 4.79 Å². The van der Waals surface area contributed by atoms with Crippen LogP contribution in [0, 0.1) is 5.82 Å². The van der Waals surface area contributed by atoms with Crippen LogP contribution < -0.4 is 10.1 Å². The number of amides is 1. The maximum Gasteiger partial charge on any atom is 0.231 e. The lowest BCUT2D eigenvalue weighted by Crippen LogP contribution is -2.32. The molecule has 7 heteroatoms. The molecule has 0 radical (unpaired) electrons. The summed E-state index contributed by atoms with van der Waals surface area (Å²) in [6.45, 7) is 0. The van der Waals surface area contributed by atoms with Crippen molar-refractivity contribution in [2.24, 2.45) is 7.05 Å². The minimum Gasteiger partial charge on any atom is -0.496 e. The number of halogens is 1. The molecule has 1 atom stereocenters. The van der Waals surface area contributed by atoms with Crippen molar-refractivity contribution in [1.82, 2.24) is 14.9 Å². The molecule has 0 fully saturated rings. The molecule has 0 aliphatic heterocycles. The summed E-state index contributed by atoms with van der Waals surface area (Å²) in [6, 6.07) is 13.2. The van der Waals surface area contributed by atoms with E-state index in [0.29, 0.717) is 11.6 Å². The number of benzene rings is 2. The molecular formula is C20H20FN3O2S. The van der Waals surface area contributed by atoms with E-state index in [1.807, 2.05) is 42.1 Å². The van der Waals surface area contributed by atoms with Crippen LogP contribution in [0.1, 0.15) is 17.4 Å². The van der Waals surface area contributed by atoms with Crippen LogP contribution in [0.2, 0.25) is 0 Å². The van der Waals surface area contributed by atoms with Crippen molar-refractivity contribution in [1.29, 1.82) is 0 Å². The minimum atomic E-state index is -0.442. The number of carbonyl (C=O) groups excluding carboxylic acids is 1. The van der Waals surface area contributed by atoms with Gasteiger partial charge in [-0.05, 0) is 30.3 Å². The summed E-state index contributed by atoms with van der Waals surface area (Å²) < 4.78 is 20.3. The largest absolute Gasteiger partial charge is 0.496 e. The van der Waals surface area contributed by atoms with Crippen LogP contribution in [-0.2, 0) is 11.8 Å². The topological polar surface area (TPSA) is 56.1 Å². The summed E-state index contributed by atoms with van der Waals surface area (Å²) in [5.74, 6) is 1.15. The van der Waals surface area contributed by atoms with Crippen LogP contribution in [0.4, 0.5) is 4.39 Å². The molecule has 0 spiro atoms. The lowest BCUT2D eigenvalue weighted by Gasteiger charge is -2.21. The maximum atomic E-state index is 13.0. The first-order chi connectivity index (χ1) is 13.1. The third kappa shape index (κ3) is 4.68. The average molecular weight is 385 g/mol. The fourth-order valence-electron chi connectivity index (χ4n) is 2.72. The second kappa shape index (κ2) is 8.73. The van der Waals surface area contributed by atoms with Gasteiger partial charge in [-0.25, -0.2) is 9.37 Å². The zero-order chi connectivity index (χ0) is 19.2. The fraction of sp³-hybridized carbons (Fsp3) is 0.200. The molecule has 1 amide bonds. The highest BCUT2D eigenvalue weighted by Crippen LogP contribution is 2.29. The Morgan fingerprint density at radius 3 is 2.67 bits per heavy atom. The SMILES string of the molecule is COc1ccccc1C(NC(=O)CSc1ccc(F)cc1)c1nccn1C. The van der Waals surface area contributed by atoms with Crippen molar-refractivity contribution in [3.8, 4) is 5.75 Å². The van der Waals surface area contributed by atoms with Crippen molar-refractivity contribution in [3.63, 3.8) is 0 Å². The van der Waals surface area contributed by atoms with Crippen molar-refractivity contribution in [2.45, 2.75) is 10.9 Å². The van der Waals surface area contributed by atoms with E-state index in [9.17, 15) is 9.18 Å². The van der Waals surface area contributed by atoms with E-state index in [0.717, 1.165) is 10.5 Å². The molecule has 27 heavy (non-hydrogen) atoms. The van der Waals surface area contributed by atoms with Crippen molar-refractivity contribution < 1.29 is 13.9 Å². The highest BCUT2D eigenvalue weighted by atomic mass is 32.2. The molecule has 1 unspecified atom stereocenters. The Labute approximate surface area is 161 Å². The Bertz CT molecular complexity index is 912. The number of ether oxygens (including phenoxy) is 1. The number of carbonyl (C=O) groups is 1. The number of thioether (sulfide) groups is 1. The molecule has 2 aromatic carbocycles. The summed E-state index contributed by atoms with van der Waals surface area (Å²) in [6.07, 6.45) is 3.52. The van der Waals surface area contributed by atoms with Gasteiger partial charge in [0, 0.05) is 29.9 Å². The van der Waals surface area contributed by atoms with Gasteiger partial charge in [0.2, 0.25) is 5.91 Å². The minimum absolute atomic E-state index is 0.150. The Hall–Kier alpha value is -2.80. The third-order valence-electron chi connectivity index (χ3n) is 4.06. The van der Waals surface area contributed by atoms with Crippen molar-refractivity contribution in [2.75, 3.05) is 12.9 Å². The number of para-hydroxylation sites is 1. The number of nitrogens with one attached hydrogen (secondary N) is 1. The van der Waals surface area contributed by atoms with E-state index in [2.05, 4.69) is 10.3 Å². The van der Waals surface area contributed by atoms with Gasteiger partial charge in [0.1, 0.15) is 23.4 Å². The molecule has 140 valence electrons. The van der Waals surface area contributed by atoms with E-state index in [1.54, 1.807) is 25.4 Å². The molecule has 1 N–H and O–H groups in total. The number of methoxy groups -OCH3 is 1. The smallest absolute Gasteiger partial charge is 0.231 e. The standard InChI is InChI=1S/C20H20FN3O2S/c1-24-12-11-22-20(24)19(16-5-3-4-6-17(16)26-2)23-18(25)13-27-15-9-7-14(21)8-10-15/h3-12,19H,13H2,1-2H3,(H,23,25). The van der Waals surface area contributed by atoms with Gasteiger partial charge in [-0.1, -0.05) is 18.2 Å². The Kier molecular flexibility index (Phi) is 6.13. The Morgan fingerprint density at radius 1 is 1.26 bits per heavy atom. The van der Waals surface area contributed by atoms with Crippen LogP contribution in [0.25, 0.3) is 0 Å². The van der Waals surface area contributed by atoms with Crippen LogP contribution in [0.15, 0.2) is 65.8 Å². The zero-order valence-electron chi connectivity index (χ0n) is 15.1. The number of imidazole rings is 1. The molecule has 3 aromatic rings. The maximum absolute atomic E-state index is 13.0. The lowest BCUT2D eigenvalue weighted by molar-refractivity contribution is -0.119. The van der Waals surface area contributed by atoms with E-state index >= 15 is 0 Å². The highest BCUT2D eigenvalue weighted by Gasteiger charge is 2.23. The van der Waals surface area contributed by atoms with E-state index < -0.39 is 6.04 Å². The first kappa shape index (κ1) is 19.0. The molecule has 3 rings (SSSR count). The zero-order valence-corrected chi connectivity index (χ0v) is 15.9. The highest BCUT2D eigenvalue weighted by molar-refractivity contribution is 8.00. The van der Waals surface area contributed by atoms with Crippen LogP contribution in [0.3, 0.4) is 0 Å². The summed E-state index contributed by atoms with van der Waals surface area (Å²) in [5, 5.41) is 3.04. The lowest BCUT2D eigenvalue weighted by atomic mass is 10.0. The average Bonchev–Trinajstić information content (AvgIpc) is 3.11. The van der Waals surface area contributed by atoms with Gasteiger partial charge in [0.15, 0.2) is 0 Å². The fourth-order valence-corrected chi connectivity index (χ4v) is 3.43. The van der Waals surface area contributed by atoms with Crippen LogP contribution >= 0.6 is 11.8 Å². The summed E-state index contributed by atoms with van der Waals surface area (Å²) in [4.78, 5) is 17.8. The normalized spacial score (nSPS) is 11.8. The molecule has 0 aliphatic carbocycles. The monoisotopic (exact) mass is 385 g/mol. The predicted molar refractivity (Wildman–Crippen MR) is 103 cm³/mol. The molecule has 0 saturated carbocycles. The second-order valence-electron chi connectivity index (χ2n) is 5.88. The molecule has 1 heterocycles. The summed E-state index contributed by atoms with van der Waals surface area (Å²) in [7, 11) is 3.48. The van der Waals surface area contributed by atoms with E-state index in [1.165, 1.54) is 23.9 Å². The van der Waals surface area contributed by atoms with Gasteiger partial charge in [-0.2, -0.15) is 0 Å².